The molecule has 0 aromatic heterocycles. The molecule has 0 spiro atoms. The van der Waals surface area contributed by atoms with Crippen LogP contribution in [0.15, 0.2) is 12.7 Å². The van der Waals surface area contributed by atoms with E-state index in [-0.39, 0.29) is 5.97 Å². The van der Waals surface area contributed by atoms with E-state index in [1.54, 1.807) is 0 Å². The second kappa shape index (κ2) is 12.3. The van der Waals surface area contributed by atoms with Crippen molar-refractivity contribution in [1.82, 2.24) is 0 Å². The lowest BCUT2D eigenvalue weighted by Gasteiger charge is -2.01. The lowest BCUT2D eigenvalue weighted by molar-refractivity contribution is -0.140. The Kier molecular flexibility index (Phi) is 11.7. The van der Waals surface area contributed by atoms with Crippen LogP contribution in [-0.4, -0.2) is 13.1 Å². The van der Waals surface area contributed by atoms with Crippen molar-refractivity contribution in [2.45, 2.75) is 64.2 Å². The van der Waals surface area contributed by atoms with Crippen molar-refractivity contribution >= 4 is 5.97 Å². The Morgan fingerprint density at radius 1 is 1.00 bits per heavy atom. The summed E-state index contributed by atoms with van der Waals surface area (Å²) in [4.78, 5) is 10.8. The molecular formula is C14H26O2. The molecule has 0 saturated carbocycles. The number of hydrogen-bond donors (Lipinski definition) is 0. The summed E-state index contributed by atoms with van der Waals surface area (Å²) in [5, 5.41) is 0. The highest BCUT2D eigenvalue weighted by atomic mass is 16.5. The molecule has 2 heteroatoms. The van der Waals surface area contributed by atoms with Crippen molar-refractivity contribution in [3.8, 4) is 0 Å². The van der Waals surface area contributed by atoms with Crippen LogP contribution in [0.3, 0.4) is 0 Å². The van der Waals surface area contributed by atoms with Gasteiger partial charge in [0.05, 0.1) is 7.11 Å². The molecular weight excluding hydrogens is 200 g/mol. The van der Waals surface area contributed by atoms with Crippen molar-refractivity contribution < 1.29 is 9.53 Å². The summed E-state index contributed by atoms with van der Waals surface area (Å²) in [5.74, 6) is -0.0792. The van der Waals surface area contributed by atoms with Gasteiger partial charge in [0, 0.05) is 6.42 Å². The summed E-state index contributed by atoms with van der Waals surface area (Å²) in [6.45, 7) is 3.71. The number of ether oxygens (including phenoxy) is 1. The van der Waals surface area contributed by atoms with Gasteiger partial charge in [-0.3, -0.25) is 4.79 Å². The number of hydrogen-bond acceptors (Lipinski definition) is 2. The van der Waals surface area contributed by atoms with Gasteiger partial charge in [-0.1, -0.05) is 44.6 Å². The first kappa shape index (κ1) is 15.2. The number of rotatable bonds is 11. The zero-order chi connectivity index (χ0) is 12.1. The number of allylic oxidation sites excluding steroid dienone is 1. The second-order valence-corrected chi connectivity index (χ2v) is 4.23. The largest absolute Gasteiger partial charge is 0.469 e. The van der Waals surface area contributed by atoms with E-state index in [4.69, 9.17) is 0 Å². The smallest absolute Gasteiger partial charge is 0.305 e. The number of methoxy groups -OCH3 is 1. The highest BCUT2D eigenvalue weighted by Crippen LogP contribution is 2.10. The summed E-state index contributed by atoms with van der Waals surface area (Å²) in [7, 11) is 1.45. The summed E-state index contributed by atoms with van der Waals surface area (Å²) < 4.78 is 4.59. The number of carbonyl (C=O) groups is 1. The first-order valence-corrected chi connectivity index (χ1v) is 6.49. The minimum Gasteiger partial charge on any atom is -0.469 e. The summed E-state index contributed by atoms with van der Waals surface area (Å²) in [6, 6.07) is 0. The Hall–Kier alpha value is -0.790. The van der Waals surface area contributed by atoms with Crippen LogP contribution in [0, 0.1) is 0 Å². The van der Waals surface area contributed by atoms with Crippen molar-refractivity contribution in [3.05, 3.63) is 12.7 Å². The molecule has 0 rings (SSSR count). The van der Waals surface area contributed by atoms with Gasteiger partial charge in [-0.15, -0.1) is 6.58 Å². The zero-order valence-corrected chi connectivity index (χ0v) is 10.7. The van der Waals surface area contributed by atoms with Crippen molar-refractivity contribution in [2.75, 3.05) is 7.11 Å². The second-order valence-electron chi connectivity index (χ2n) is 4.23. The molecule has 0 amide bonds. The van der Waals surface area contributed by atoms with Gasteiger partial charge >= 0.3 is 5.97 Å². The fourth-order valence-electron chi connectivity index (χ4n) is 1.72. The Morgan fingerprint density at radius 2 is 1.50 bits per heavy atom. The van der Waals surface area contributed by atoms with Crippen LogP contribution in [0.1, 0.15) is 64.2 Å². The molecule has 0 radical (unpaired) electrons. The molecule has 0 heterocycles. The van der Waals surface area contributed by atoms with Crippen LogP contribution < -0.4 is 0 Å². The monoisotopic (exact) mass is 226 g/mol. The van der Waals surface area contributed by atoms with Crippen LogP contribution >= 0.6 is 0 Å². The molecule has 0 aliphatic heterocycles. The zero-order valence-electron chi connectivity index (χ0n) is 10.7. The molecule has 0 atom stereocenters. The molecule has 0 unspecified atom stereocenters. The van der Waals surface area contributed by atoms with E-state index in [1.165, 1.54) is 45.6 Å². The molecule has 0 aliphatic rings. The molecule has 16 heavy (non-hydrogen) atoms. The van der Waals surface area contributed by atoms with E-state index >= 15 is 0 Å². The third-order valence-electron chi connectivity index (χ3n) is 2.77. The average molecular weight is 226 g/mol. The maximum Gasteiger partial charge on any atom is 0.305 e. The fourth-order valence-corrected chi connectivity index (χ4v) is 1.72. The third kappa shape index (κ3) is 11.3. The highest BCUT2D eigenvalue weighted by Gasteiger charge is 1.98. The van der Waals surface area contributed by atoms with E-state index in [0.29, 0.717) is 6.42 Å². The molecule has 0 aromatic rings. The van der Waals surface area contributed by atoms with Crippen LogP contribution in [0.2, 0.25) is 0 Å². The van der Waals surface area contributed by atoms with Crippen LogP contribution in [0.25, 0.3) is 0 Å². The van der Waals surface area contributed by atoms with E-state index < -0.39 is 0 Å². The molecule has 0 fully saturated rings. The first-order valence-electron chi connectivity index (χ1n) is 6.49. The van der Waals surface area contributed by atoms with E-state index in [9.17, 15) is 4.79 Å². The van der Waals surface area contributed by atoms with Gasteiger partial charge in [-0.2, -0.15) is 0 Å². The van der Waals surface area contributed by atoms with Crippen molar-refractivity contribution in [2.24, 2.45) is 0 Å². The van der Waals surface area contributed by atoms with Gasteiger partial charge in [0.25, 0.3) is 0 Å². The predicted octanol–water partition coefficient (Wildman–Crippen LogP) is 4.25. The SMILES string of the molecule is C=CCCCCCCCCCCC(=O)OC. The van der Waals surface area contributed by atoms with Gasteiger partial charge in [0.1, 0.15) is 0 Å². The number of esters is 1. The predicted molar refractivity (Wildman–Crippen MR) is 68.4 cm³/mol. The van der Waals surface area contributed by atoms with Gasteiger partial charge in [0.15, 0.2) is 0 Å². The lowest BCUT2D eigenvalue weighted by atomic mass is 10.1. The maximum absolute atomic E-state index is 10.8. The normalized spacial score (nSPS) is 10.1. The minimum absolute atomic E-state index is 0.0792. The van der Waals surface area contributed by atoms with Gasteiger partial charge in [-0.05, 0) is 19.3 Å². The molecule has 0 bridgehead atoms. The fraction of sp³-hybridized carbons (Fsp3) is 0.786. The Balaban J connectivity index is 2.98. The number of unbranched alkanes of at least 4 members (excludes halogenated alkanes) is 8. The molecule has 0 aromatic carbocycles. The first-order chi connectivity index (χ1) is 7.81. The van der Waals surface area contributed by atoms with Gasteiger partial charge < -0.3 is 4.74 Å². The van der Waals surface area contributed by atoms with Crippen LogP contribution in [0.4, 0.5) is 0 Å². The highest BCUT2D eigenvalue weighted by molar-refractivity contribution is 5.68. The lowest BCUT2D eigenvalue weighted by Crippen LogP contribution is -1.99. The van der Waals surface area contributed by atoms with E-state index in [1.807, 2.05) is 6.08 Å². The van der Waals surface area contributed by atoms with Crippen molar-refractivity contribution in [3.63, 3.8) is 0 Å². The molecule has 0 aliphatic carbocycles. The quantitative estimate of drug-likeness (QED) is 0.299. The summed E-state index contributed by atoms with van der Waals surface area (Å²) in [5.41, 5.74) is 0. The molecule has 0 saturated heterocycles. The summed E-state index contributed by atoms with van der Waals surface area (Å²) >= 11 is 0. The van der Waals surface area contributed by atoms with Crippen molar-refractivity contribution in [1.29, 1.82) is 0 Å². The third-order valence-corrected chi connectivity index (χ3v) is 2.77. The minimum atomic E-state index is -0.0792. The Morgan fingerprint density at radius 3 is 2.00 bits per heavy atom. The molecule has 94 valence electrons. The van der Waals surface area contributed by atoms with E-state index in [2.05, 4.69) is 11.3 Å². The van der Waals surface area contributed by atoms with Gasteiger partial charge in [-0.25, -0.2) is 0 Å². The topological polar surface area (TPSA) is 26.3 Å². The molecule has 0 N–H and O–H groups in total. The Labute approximate surface area is 100 Å². The van der Waals surface area contributed by atoms with Gasteiger partial charge in [0.2, 0.25) is 0 Å². The van der Waals surface area contributed by atoms with Crippen LogP contribution in [-0.2, 0) is 9.53 Å². The maximum atomic E-state index is 10.8. The standard InChI is InChI=1S/C14H26O2/c1-3-4-5-6-7-8-9-10-11-12-13-14(15)16-2/h3H,1,4-13H2,2H3. The number of carbonyl (C=O) groups excluding carboxylic acids is 1. The van der Waals surface area contributed by atoms with E-state index in [0.717, 1.165) is 19.3 Å². The average Bonchev–Trinajstić information content (AvgIpc) is 2.31. The molecule has 2 nitrogen and oxygen atoms in total. The Bertz CT molecular complexity index is 176. The summed E-state index contributed by atoms with van der Waals surface area (Å²) in [6.07, 6.45) is 13.7. The van der Waals surface area contributed by atoms with Crippen LogP contribution in [0.5, 0.6) is 0 Å².